The summed E-state index contributed by atoms with van der Waals surface area (Å²) < 4.78 is 10.7. The lowest BCUT2D eigenvalue weighted by molar-refractivity contribution is -0.142. The second-order valence-corrected chi connectivity index (χ2v) is 7.19. The fourth-order valence-corrected chi connectivity index (χ4v) is 3.50. The topological polar surface area (TPSA) is 107 Å². The zero-order valence-corrected chi connectivity index (χ0v) is 19.6. The van der Waals surface area contributed by atoms with Gasteiger partial charge in [-0.05, 0) is 41.8 Å². The molecule has 0 aliphatic rings. The highest BCUT2D eigenvalue weighted by molar-refractivity contribution is 6.06. The Morgan fingerprint density at radius 3 is 2.62 bits per heavy atom. The van der Waals surface area contributed by atoms with Gasteiger partial charge in [-0.2, -0.15) is 0 Å². The lowest BCUT2D eigenvalue weighted by Crippen LogP contribution is -2.16. The lowest BCUT2D eigenvalue weighted by atomic mass is 10.0. The molecule has 176 valence electrons. The first kappa shape index (κ1) is 24.7. The van der Waals surface area contributed by atoms with Gasteiger partial charge < -0.3 is 20.2 Å². The van der Waals surface area contributed by atoms with Crippen molar-refractivity contribution in [1.82, 2.24) is 4.98 Å². The number of hydrogen-bond donors (Lipinski definition) is 2. The maximum absolute atomic E-state index is 13.1. The van der Waals surface area contributed by atoms with Gasteiger partial charge in [-0.15, -0.1) is 0 Å². The van der Waals surface area contributed by atoms with E-state index in [1.54, 1.807) is 43.5 Å². The van der Waals surface area contributed by atoms with Gasteiger partial charge in [0.05, 0.1) is 19.3 Å². The number of carbonyl (C=O) groups excluding carboxylic acids is 2. The number of amides is 1. The molecule has 4 rings (SSSR count). The highest BCUT2D eigenvalue weighted by atomic mass is 16.5. The fraction of sp³-hybridized carbons (Fsp3) is 0.222. The summed E-state index contributed by atoms with van der Waals surface area (Å²) in [5, 5.41) is 2.87. The largest absolute Gasteiger partial charge is 0.466 e. The Morgan fingerprint density at radius 2 is 1.85 bits per heavy atom. The summed E-state index contributed by atoms with van der Waals surface area (Å²) in [5.41, 5.74) is 11.0. The fourth-order valence-electron chi connectivity index (χ4n) is 3.50. The number of rotatable bonds is 7. The van der Waals surface area contributed by atoms with E-state index in [4.69, 9.17) is 14.9 Å². The highest BCUT2D eigenvalue weighted by Gasteiger charge is 2.17. The van der Waals surface area contributed by atoms with E-state index < -0.39 is 0 Å². The molecule has 0 spiro atoms. The van der Waals surface area contributed by atoms with Crippen LogP contribution in [-0.2, 0) is 22.5 Å². The SMILES string of the molecule is CC.CCOC(=O)Cc1ccccc1NC(=O)c1cc(-c2cccc(CN)c2)c2occc2n1. The average Bonchev–Trinajstić information content (AvgIpc) is 3.35. The molecule has 1 amide bonds. The van der Waals surface area contributed by atoms with Crippen LogP contribution in [0.1, 0.15) is 42.4 Å². The first-order valence-electron chi connectivity index (χ1n) is 11.3. The Labute approximate surface area is 198 Å². The van der Waals surface area contributed by atoms with Crippen LogP contribution in [0, 0.1) is 0 Å². The summed E-state index contributed by atoms with van der Waals surface area (Å²) in [7, 11) is 0. The number of para-hydroxylation sites is 1. The maximum atomic E-state index is 13.1. The monoisotopic (exact) mass is 459 g/mol. The number of anilines is 1. The van der Waals surface area contributed by atoms with Gasteiger partial charge in [0.1, 0.15) is 11.2 Å². The number of hydrogen-bond acceptors (Lipinski definition) is 6. The van der Waals surface area contributed by atoms with Crippen molar-refractivity contribution in [2.75, 3.05) is 11.9 Å². The van der Waals surface area contributed by atoms with Gasteiger partial charge >= 0.3 is 5.97 Å². The number of ether oxygens (including phenoxy) is 1. The molecule has 0 radical (unpaired) electrons. The molecule has 0 saturated carbocycles. The molecule has 0 unspecified atom stereocenters. The second kappa shape index (κ2) is 11.8. The minimum atomic E-state index is -0.388. The molecule has 0 bridgehead atoms. The summed E-state index contributed by atoms with van der Waals surface area (Å²) in [5.74, 6) is -0.741. The first-order chi connectivity index (χ1) is 16.6. The van der Waals surface area contributed by atoms with E-state index in [9.17, 15) is 9.59 Å². The highest BCUT2D eigenvalue weighted by Crippen LogP contribution is 2.30. The number of fused-ring (bicyclic) bond motifs is 1. The van der Waals surface area contributed by atoms with Crippen molar-refractivity contribution in [3.63, 3.8) is 0 Å². The zero-order valence-electron chi connectivity index (χ0n) is 19.6. The zero-order chi connectivity index (χ0) is 24.5. The third kappa shape index (κ3) is 5.68. The quantitative estimate of drug-likeness (QED) is 0.361. The van der Waals surface area contributed by atoms with E-state index in [-0.39, 0.29) is 24.0 Å². The van der Waals surface area contributed by atoms with Crippen molar-refractivity contribution in [3.8, 4) is 11.1 Å². The molecule has 2 aromatic carbocycles. The molecule has 7 heteroatoms. The van der Waals surface area contributed by atoms with Gasteiger partial charge in [0.25, 0.3) is 5.91 Å². The third-order valence-electron chi connectivity index (χ3n) is 5.02. The Bertz CT molecular complexity index is 1280. The van der Waals surface area contributed by atoms with Gasteiger partial charge in [0.2, 0.25) is 0 Å². The molecular formula is C27H29N3O4. The molecule has 0 aliphatic heterocycles. The number of esters is 1. The van der Waals surface area contributed by atoms with Crippen molar-refractivity contribution in [3.05, 3.63) is 83.7 Å². The number of benzene rings is 2. The summed E-state index contributed by atoms with van der Waals surface area (Å²) in [6.45, 7) is 6.46. The normalized spacial score (nSPS) is 10.4. The second-order valence-electron chi connectivity index (χ2n) is 7.19. The molecule has 3 N–H and O–H groups in total. The molecule has 2 heterocycles. The Hall–Kier alpha value is -3.97. The van der Waals surface area contributed by atoms with Crippen LogP contribution in [0.15, 0.2) is 71.3 Å². The average molecular weight is 460 g/mol. The standard InChI is InChI=1S/C25H23N3O4.C2H6/c1-2-31-23(29)13-18-7-3-4-9-20(18)28-25(30)22-14-19(24-21(27-22)10-11-32-24)17-8-5-6-16(12-17)15-26;1-2/h3-12,14H,2,13,15,26H2,1H3,(H,28,30);1-2H3. The number of carbonyl (C=O) groups is 2. The van der Waals surface area contributed by atoms with Crippen LogP contribution in [0.2, 0.25) is 0 Å². The van der Waals surface area contributed by atoms with Crippen LogP contribution in [0.3, 0.4) is 0 Å². The van der Waals surface area contributed by atoms with Crippen LogP contribution in [0.5, 0.6) is 0 Å². The molecule has 34 heavy (non-hydrogen) atoms. The van der Waals surface area contributed by atoms with Gasteiger partial charge in [0, 0.05) is 23.9 Å². The van der Waals surface area contributed by atoms with Crippen LogP contribution in [-0.4, -0.2) is 23.5 Å². The minimum Gasteiger partial charge on any atom is -0.466 e. The van der Waals surface area contributed by atoms with Crippen molar-refractivity contribution in [1.29, 1.82) is 0 Å². The van der Waals surface area contributed by atoms with Crippen molar-refractivity contribution >= 4 is 28.7 Å². The molecule has 7 nitrogen and oxygen atoms in total. The van der Waals surface area contributed by atoms with Crippen LogP contribution in [0.25, 0.3) is 22.2 Å². The van der Waals surface area contributed by atoms with E-state index >= 15 is 0 Å². The predicted molar refractivity (Wildman–Crippen MR) is 133 cm³/mol. The van der Waals surface area contributed by atoms with Gasteiger partial charge in [0.15, 0.2) is 5.58 Å². The molecule has 0 saturated heterocycles. The van der Waals surface area contributed by atoms with Crippen molar-refractivity contribution < 1.29 is 18.7 Å². The maximum Gasteiger partial charge on any atom is 0.310 e. The summed E-state index contributed by atoms with van der Waals surface area (Å²) in [6.07, 6.45) is 1.61. The number of nitrogens with zero attached hydrogens (tertiary/aromatic N) is 1. The molecule has 0 aliphatic carbocycles. The Kier molecular flexibility index (Phi) is 8.54. The molecule has 0 fully saturated rings. The van der Waals surface area contributed by atoms with E-state index in [0.717, 1.165) is 16.7 Å². The predicted octanol–water partition coefficient (Wildman–Crippen LogP) is 5.34. The smallest absolute Gasteiger partial charge is 0.310 e. The number of nitrogens with two attached hydrogens (primary N) is 1. The van der Waals surface area contributed by atoms with Crippen molar-refractivity contribution in [2.45, 2.75) is 33.7 Å². The van der Waals surface area contributed by atoms with Gasteiger partial charge in [-0.25, -0.2) is 4.98 Å². The van der Waals surface area contributed by atoms with E-state index in [0.29, 0.717) is 35.5 Å². The molecular weight excluding hydrogens is 430 g/mol. The van der Waals surface area contributed by atoms with E-state index in [1.165, 1.54) is 0 Å². The molecule has 2 aromatic heterocycles. The number of furan rings is 1. The molecule has 4 aromatic rings. The Morgan fingerprint density at radius 1 is 1.06 bits per heavy atom. The van der Waals surface area contributed by atoms with E-state index in [2.05, 4.69) is 10.3 Å². The van der Waals surface area contributed by atoms with Crippen LogP contribution >= 0.6 is 0 Å². The number of nitrogens with one attached hydrogen (secondary N) is 1. The summed E-state index contributed by atoms with van der Waals surface area (Å²) >= 11 is 0. The molecule has 0 atom stereocenters. The Balaban J connectivity index is 0.00000158. The van der Waals surface area contributed by atoms with Crippen LogP contribution < -0.4 is 11.1 Å². The van der Waals surface area contributed by atoms with Crippen LogP contribution in [0.4, 0.5) is 5.69 Å². The number of aromatic nitrogens is 1. The third-order valence-corrected chi connectivity index (χ3v) is 5.02. The lowest BCUT2D eigenvalue weighted by Gasteiger charge is -2.12. The summed E-state index contributed by atoms with van der Waals surface area (Å²) in [6, 6.07) is 18.3. The van der Waals surface area contributed by atoms with Gasteiger partial charge in [-0.3, -0.25) is 9.59 Å². The first-order valence-corrected chi connectivity index (χ1v) is 11.3. The number of pyridine rings is 1. The minimum absolute atomic E-state index is 0.0651. The summed E-state index contributed by atoms with van der Waals surface area (Å²) in [4.78, 5) is 29.5. The van der Waals surface area contributed by atoms with Crippen molar-refractivity contribution in [2.24, 2.45) is 5.73 Å². The van der Waals surface area contributed by atoms with E-state index in [1.807, 2.05) is 44.2 Å². The van der Waals surface area contributed by atoms with Gasteiger partial charge in [-0.1, -0.05) is 50.2 Å².